The molecule has 0 radical (unpaired) electrons. The molecule has 0 aromatic carbocycles. The molecule has 1 aliphatic rings. The summed E-state index contributed by atoms with van der Waals surface area (Å²) in [7, 11) is 5.93. The lowest BCUT2D eigenvalue weighted by Crippen LogP contribution is -2.43. The maximum atomic E-state index is 11.2. The van der Waals surface area contributed by atoms with Crippen molar-refractivity contribution in [1.82, 2.24) is 9.80 Å². The van der Waals surface area contributed by atoms with Crippen molar-refractivity contribution in [3.63, 3.8) is 0 Å². The fourth-order valence-corrected chi connectivity index (χ4v) is 1.37. The van der Waals surface area contributed by atoms with Crippen LogP contribution in [0.4, 0.5) is 0 Å². The Balaban J connectivity index is 2.46. The number of amides is 1. The second kappa shape index (κ2) is 3.22. The number of piperidine rings is 1. The zero-order chi connectivity index (χ0) is 8.43. The molecule has 3 nitrogen and oxygen atoms in total. The highest BCUT2D eigenvalue weighted by atomic mass is 16.2. The summed E-state index contributed by atoms with van der Waals surface area (Å²) in [6.45, 7) is 0.904. The molecule has 1 aliphatic heterocycles. The Morgan fingerprint density at radius 2 is 2.18 bits per heavy atom. The van der Waals surface area contributed by atoms with Crippen LogP contribution >= 0.6 is 0 Å². The number of likely N-dealkylation sites (tertiary alicyclic amines) is 1. The Labute approximate surface area is 68.0 Å². The van der Waals surface area contributed by atoms with Crippen molar-refractivity contribution >= 4 is 5.91 Å². The minimum Gasteiger partial charge on any atom is -0.346 e. The van der Waals surface area contributed by atoms with Gasteiger partial charge in [0.1, 0.15) is 0 Å². The van der Waals surface area contributed by atoms with Gasteiger partial charge < -0.3 is 9.80 Å². The maximum Gasteiger partial charge on any atom is 0.223 e. The maximum absolute atomic E-state index is 11.2. The third-order valence-electron chi connectivity index (χ3n) is 2.36. The standard InChI is InChI=1S/C8H16N2O/c1-9(2)7-4-5-10(3)8(11)6-7/h7H,4-6H2,1-3H3. The molecule has 1 heterocycles. The van der Waals surface area contributed by atoms with Gasteiger partial charge in [0, 0.05) is 26.1 Å². The van der Waals surface area contributed by atoms with E-state index >= 15 is 0 Å². The van der Waals surface area contributed by atoms with Gasteiger partial charge in [-0.25, -0.2) is 0 Å². The van der Waals surface area contributed by atoms with Crippen LogP contribution in [0.15, 0.2) is 0 Å². The van der Waals surface area contributed by atoms with E-state index in [-0.39, 0.29) is 5.91 Å². The Hall–Kier alpha value is -0.570. The summed E-state index contributed by atoms with van der Waals surface area (Å²) in [5, 5.41) is 0. The molecular weight excluding hydrogens is 140 g/mol. The van der Waals surface area contributed by atoms with Crippen molar-refractivity contribution in [2.75, 3.05) is 27.7 Å². The van der Waals surface area contributed by atoms with Crippen LogP contribution in [0.2, 0.25) is 0 Å². The van der Waals surface area contributed by atoms with E-state index in [1.807, 2.05) is 21.1 Å². The van der Waals surface area contributed by atoms with Crippen LogP contribution in [-0.2, 0) is 4.79 Å². The lowest BCUT2D eigenvalue weighted by Gasteiger charge is -2.32. The second-order valence-corrected chi connectivity index (χ2v) is 3.43. The number of rotatable bonds is 1. The highest BCUT2D eigenvalue weighted by Gasteiger charge is 2.23. The highest BCUT2D eigenvalue weighted by molar-refractivity contribution is 5.77. The second-order valence-electron chi connectivity index (χ2n) is 3.43. The van der Waals surface area contributed by atoms with Crippen molar-refractivity contribution in [3.05, 3.63) is 0 Å². The van der Waals surface area contributed by atoms with Crippen LogP contribution in [0.1, 0.15) is 12.8 Å². The average Bonchev–Trinajstić information content (AvgIpc) is 1.94. The van der Waals surface area contributed by atoms with Crippen LogP contribution < -0.4 is 0 Å². The SMILES string of the molecule is CN1CCC(N(C)C)CC1=O. The van der Waals surface area contributed by atoms with E-state index < -0.39 is 0 Å². The molecule has 0 N–H and O–H groups in total. The molecule has 0 aromatic rings. The van der Waals surface area contributed by atoms with Crippen LogP contribution in [0, 0.1) is 0 Å². The van der Waals surface area contributed by atoms with Gasteiger partial charge >= 0.3 is 0 Å². The summed E-state index contributed by atoms with van der Waals surface area (Å²) in [5.41, 5.74) is 0. The largest absolute Gasteiger partial charge is 0.346 e. The molecule has 11 heavy (non-hydrogen) atoms. The molecule has 0 aliphatic carbocycles. The van der Waals surface area contributed by atoms with Gasteiger partial charge in [-0.2, -0.15) is 0 Å². The van der Waals surface area contributed by atoms with Gasteiger partial charge in [-0.3, -0.25) is 4.79 Å². The molecule has 0 saturated carbocycles. The van der Waals surface area contributed by atoms with Crippen molar-refractivity contribution in [3.8, 4) is 0 Å². The van der Waals surface area contributed by atoms with E-state index in [2.05, 4.69) is 4.90 Å². The fraction of sp³-hybridized carbons (Fsp3) is 0.875. The zero-order valence-corrected chi connectivity index (χ0v) is 7.50. The number of hydrogen-bond donors (Lipinski definition) is 0. The summed E-state index contributed by atoms with van der Waals surface area (Å²) < 4.78 is 0. The Bertz CT molecular complexity index is 156. The zero-order valence-electron chi connectivity index (χ0n) is 7.50. The predicted octanol–water partition coefficient (Wildman–Crippen LogP) is 0.169. The Morgan fingerprint density at radius 3 is 2.64 bits per heavy atom. The predicted molar refractivity (Wildman–Crippen MR) is 44.3 cm³/mol. The molecule has 3 heteroatoms. The van der Waals surface area contributed by atoms with Crippen LogP contribution in [0.25, 0.3) is 0 Å². The van der Waals surface area contributed by atoms with E-state index in [4.69, 9.17) is 0 Å². The van der Waals surface area contributed by atoms with Crippen molar-refractivity contribution in [2.24, 2.45) is 0 Å². The highest BCUT2D eigenvalue weighted by Crippen LogP contribution is 2.13. The van der Waals surface area contributed by atoms with Gasteiger partial charge in [-0.15, -0.1) is 0 Å². The monoisotopic (exact) mass is 156 g/mol. The third kappa shape index (κ3) is 1.93. The summed E-state index contributed by atoms with van der Waals surface area (Å²) in [6, 6.07) is 0.457. The normalized spacial score (nSPS) is 26.4. The van der Waals surface area contributed by atoms with E-state index in [9.17, 15) is 4.79 Å². The van der Waals surface area contributed by atoms with Crippen molar-refractivity contribution < 1.29 is 4.79 Å². The van der Waals surface area contributed by atoms with E-state index in [0.29, 0.717) is 12.5 Å². The molecule has 0 spiro atoms. The summed E-state index contributed by atoms with van der Waals surface area (Å²) >= 11 is 0. The first kappa shape index (κ1) is 8.53. The number of hydrogen-bond acceptors (Lipinski definition) is 2. The lowest BCUT2D eigenvalue weighted by atomic mass is 10.0. The van der Waals surface area contributed by atoms with Gasteiger partial charge in [0.15, 0.2) is 0 Å². The molecule has 64 valence electrons. The smallest absolute Gasteiger partial charge is 0.223 e. The summed E-state index contributed by atoms with van der Waals surface area (Å²) in [4.78, 5) is 15.1. The van der Waals surface area contributed by atoms with Crippen LogP contribution in [-0.4, -0.2) is 49.4 Å². The van der Waals surface area contributed by atoms with Crippen molar-refractivity contribution in [1.29, 1.82) is 0 Å². The first-order valence-electron chi connectivity index (χ1n) is 4.01. The molecule has 1 unspecified atom stereocenters. The molecule has 0 aromatic heterocycles. The van der Waals surface area contributed by atoms with Crippen LogP contribution in [0.3, 0.4) is 0 Å². The van der Waals surface area contributed by atoms with Gasteiger partial charge in [0.2, 0.25) is 5.91 Å². The fourth-order valence-electron chi connectivity index (χ4n) is 1.37. The quantitative estimate of drug-likeness (QED) is 0.540. The summed E-state index contributed by atoms with van der Waals surface area (Å²) in [5.74, 6) is 0.273. The summed E-state index contributed by atoms with van der Waals surface area (Å²) in [6.07, 6.45) is 1.79. The third-order valence-corrected chi connectivity index (χ3v) is 2.36. The van der Waals surface area contributed by atoms with E-state index in [1.165, 1.54) is 0 Å². The topological polar surface area (TPSA) is 23.6 Å². The van der Waals surface area contributed by atoms with Crippen LogP contribution in [0.5, 0.6) is 0 Å². The Kier molecular flexibility index (Phi) is 2.49. The van der Waals surface area contributed by atoms with E-state index in [1.54, 1.807) is 4.90 Å². The minimum atomic E-state index is 0.273. The molecule has 1 fully saturated rings. The molecule has 1 saturated heterocycles. The molecule has 1 rings (SSSR count). The van der Waals surface area contributed by atoms with Gasteiger partial charge in [0.25, 0.3) is 0 Å². The van der Waals surface area contributed by atoms with E-state index in [0.717, 1.165) is 13.0 Å². The number of carbonyl (C=O) groups is 1. The van der Waals surface area contributed by atoms with Gasteiger partial charge in [0.05, 0.1) is 0 Å². The average molecular weight is 156 g/mol. The molecule has 1 amide bonds. The number of nitrogens with zero attached hydrogens (tertiary/aromatic N) is 2. The lowest BCUT2D eigenvalue weighted by molar-refractivity contribution is -0.133. The first-order chi connectivity index (χ1) is 5.11. The molecule has 0 bridgehead atoms. The minimum absolute atomic E-state index is 0.273. The number of carbonyl (C=O) groups excluding carboxylic acids is 1. The Morgan fingerprint density at radius 1 is 1.55 bits per heavy atom. The van der Waals surface area contributed by atoms with Gasteiger partial charge in [-0.1, -0.05) is 0 Å². The van der Waals surface area contributed by atoms with Crippen molar-refractivity contribution in [2.45, 2.75) is 18.9 Å². The first-order valence-corrected chi connectivity index (χ1v) is 4.01. The molecular formula is C8H16N2O. The molecule has 1 atom stereocenters. The van der Waals surface area contributed by atoms with Gasteiger partial charge in [-0.05, 0) is 20.5 Å².